The van der Waals surface area contributed by atoms with Gasteiger partial charge in [0.25, 0.3) is 0 Å². The molecule has 3 nitrogen and oxygen atoms in total. The Morgan fingerprint density at radius 1 is 0.520 bits per heavy atom. The summed E-state index contributed by atoms with van der Waals surface area (Å²) in [5, 5.41) is 3.17. The van der Waals surface area contributed by atoms with Crippen molar-refractivity contribution in [2.24, 2.45) is 0 Å². The molecular formula is C46H32N2OS. The van der Waals surface area contributed by atoms with Gasteiger partial charge in [-0.05, 0) is 81.9 Å². The van der Waals surface area contributed by atoms with Crippen LogP contribution in [0.25, 0.3) is 65.0 Å². The van der Waals surface area contributed by atoms with E-state index in [-0.39, 0.29) is 5.41 Å². The second-order valence-corrected chi connectivity index (χ2v) is 14.7. The van der Waals surface area contributed by atoms with E-state index in [0.717, 1.165) is 59.8 Å². The molecule has 2 aromatic heterocycles. The molecule has 0 aliphatic heterocycles. The zero-order valence-corrected chi connectivity index (χ0v) is 28.5. The van der Waals surface area contributed by atoms with E-state index in [4.69, 9.17) is 9.40 Å². The normalized spacial score (nSPS) is 13.2. The standard InChI is InChI=1S/C46H32N2OS/c1-46(2)39-16-10-9-15-35(39)36-25-33(21-23-40(36)46)48(32-19-17-30(18-20-32)29-11-5-3-6-12-29)34-22-24-42-37(26-34)38-27-41-44(28-43(38)49-42)50-45(47-41)31-13-7-4-8-14-31/h3-28H,1-2H3. The highest BCUT2D eigenvalue weighted by atomic mass is 32.1. The molecular weight excluding hydrogens is 629 g/mol. The molecule has 0 radical (unpaired) electrons. The highest BCUT2D eigenvalue weighted by Crippen LogP contribution is 2.51. The van der Waals surface area contributed by atoms with Gasteiger partial charge < -0.3 is 9.32 Å². The molecule has 0 atom stereocenters. The Labute approximate surface area is 294 Å². The number of anilines is 3. The molecule has 0 fully saturated rings. The van der Waals surface area contributed by atoms with Crippen LogP contribution in [-0.4, -0.2) is 4.98 Å². The van der Waals surface area contributed by atoms with Gasteiger partial charge in [0.15, 0.2) is 0 Å². The fourth-order valence-corrected chi connectivity index (χ4v) is 8.74. The largest absolute Gasteiger partial charge is 0.456 e. The van der Waals surface area contributed by atoms with E-state index >= 15 is 0 Å². The molecule has 0 saturated carbocycles. The van der Waals surface area contributed by atoms with Crippen LogP contribution in [0.3, 0.4) is 0 Å². The quantitative estimate of drug-likeness (QED) is 0.184. The summed E-state index contributed by atoms with van der Waals surface area (Å²) in [6, 6.07) is 56.6. The molecule has 0 unspecified atom stereocenters. The minimum absolute atomic E-state index is 0.0529. The summed E-state index contributed by atoms with van der Waals surface area (Å²) in [5.41, 5.74) is 14.8. The molecule has 9 aromatic rings. The first kappa shape index (κ1) is 29.0. The van der Waals surface area contributed by atoms with E-state index in [2.05, 4.69) is 170 Å². The van der Waals surface area contributed by atoms with Crippen molar-refractivity contribution in [2.45, 2.75) is 19.3 Å². The molecule has 1 aliphatic carbocycles. The Bertz CT molecular complexity index is 2720. The summed E-state index contributed by atoms with van der Waals surface area (Å²) in [6.45, 7) is 4.66. The Kier molecular flexibility index (Phi) is 6.39. The van der Waals surface area contributed by atoms with Gasteiger partial charge in [-0.3, -0.25) is 0 Å². The van der Waals surface area contributed by atoms with Gasteiger partial charge >= 0.3 is 0 Å². The van der Waals surface area contributed by atoms with Crippen molar-refractivity contribution in [3.05, 3.63) is 169 Å². The van der Waals surface area contributed by atoms with Gasteiger partial charge in [-0.2, -0.15) is 0 Å². The zero-order valence-electron chi connectivity index (χ0n) is 27.7. The van der Waals surface area contributed by atoms with E-state index in [0.29, 0.717) is 0 Å². The van der Waals surface area contributed by atoms with Gasteiger partial charge in [0.2, 0.25) is 0 Å². The lowest BCUT2D eigenvalue weighted by molar-refractivity contribution is 0.660. The molecule has 4 heteroatoms. The van der Waals surface area contributed by atoms with Crippen molar-refractivity contribution in [3.8, 4) is 32.8 Å². The zero-order chi connectivity index (χ0) is 33.4. The molecule has 50 heavy (non-hydrogen) atoms. The molecule has 238 valence electrons. The van der Waals surface area contributed by atoms with Gasteiger partial charge in [0.05, 0.1) is 10.2 Å². The average molecular weight is 661 g/mol. The highest BCUT2D eigenvalue weighted by molar-refractivity contribution is 7.21. The smallest absolute Gasteiger partial charge is 0.136 e. The van der Waals surface area contributed by atoms with E-state index < -0.39 is 0 Å². The molecule has 0 amide bonds. The first-order valence-corrected chi connectivity index (χ1v) is 17.9. The summed E-state index contributed by atoms with van der Waals surface area (Å²) in [6.07, 6.45) is 0. The van der Waals surface area contributed by atoms with Crippen molar-refractivity contribution in [3.63, 3.8) is 0 Å². The maximum absolute atomic E-state index is 6.47. The van der Waals surface area contributed by atoms with Crippen LogP contribution >= 0.6 is 11.3 Å². The lowest BCUT2D eigenvalue weighted by Crippen LogP contribution is -2.15. The summed E-state index contributed by atoms with van der Waals surface area (Å²) in [4.78, 5) is 7.41. The number of furan rings is 1. The maximum atomic E-state index is 6.47. The van der Waals surface area contributed by atoms with E-state index in [1.807, 2.05) is 6.07 Å². The summed E-state index contributed by atoms with van der Waals surface area (Å²) >= 11 is 1.70. The van der Waals surface area contributed by atoms with Gasteiger partial charge in [0, 0.05) is 44.9 Å². The summed E-state index contributed by atoms with van der Waals surface area (Å²) < 4.78 is 7.59. The molecule has 0 spiro atoms. The molecule has 0 N–H and O–H groups in total. The fourth-order valence-electron chi connectivity index (χ4n) is 7.76. The van der Waals surface area contributed by atoms with Crippen LogP contribution in [0, 0.1) is 0 Å². The van der Waals surface area contributed by atoms with Crippen LogP contribution in [0.5, 0.6) is 0 Å². The van der Waals surface area contributed by atoms with Crippen molar-refractivity contribution in [1.82, 2.24) is 4.98 Å². The molecule has 7 aromatic carbocycles. The highest BCUT2D eigenvalue weighted by Gasteiger charge is 2.35. The molecule has 10 rings (SSSR count). The second-order valence-electron chi connectivity index (χ2n) is 13.6. The number of fused-ring (bicyclic) bond motifs is 7. The SMILES string of the molecule is CC1(C)c2ccccc2-c2cc(N(c3ccc(-c4ccccc4)cc3)c3ccc4oc5cc6sc(-c7ccccc7)nc6cc5c4c3)ccc21. The third-order valence-electron chi connectivity index (χ3n) is 10.3. The lowest BCUT2D eigenvalue weighted by atomic mass is 9.82. The van der Waals surface area contributed by atoms with Crippen molar-refractivity contribution in [1.29, 1.82) is 0 Å². The molecule has 0 saturated heterocycles. The number of aromatic nitrogens is 1. The van der Waals surface area contributed by atoms with Crippen molar-refractivity contribution in [2.75, 3.05) is 4.90 Å². The average Bonchev–Trinajstić information content (AvgIpc) is 3.81. The van der Waals surface area contributed by atoms with Gasteiger partial charge in [0.1, 0.15) is 16.2 Å². The fraction of sp³-hybridized carbons (Fsp3) is 0.0652. The summed E-state index contributed by atoms with van der Waals surface area (Å²) in [5.74, 6) is 0. The van der Waals surface area contributed by atoms with Crippen LogP contribution in [0.4, 0.5) is 17.1 Å². The van der Waals surface area contributed by atoms with Gasteiger partial charge in [-0.25, -0.2) is 4.98 Å². The van der Waals surface area contributed by atoms with E-state index in [1.165, 1.54) is 33.4 Å². The van der Waals surface area contributed by atoms with Crippen LogP contribution in [0.15, 0.2) is 162 Å². The Balaban J connectivity index is 1.14. The van der Waals surface area contributed by atoms with Gasteiger partial charge in [-0.1, -0.05) is 117 Å². The predicted molar refractivity (Wildman–Crippen MR) is 210 cm³/mol. The van der Waals surface area contributed by atoms with Crippen molar-refractivity contribution >= 4 is 60.6 Å². The second kappa shape index (κ2) is 11.0. The number of hydrogen-bond donors (Lipinski definition) is 0. The number of nitrogens with zero attached hydrogens (tertiary/aromatic N) is 2. The Hall–Kier alpha value is -5.97. The van der Waals surface area contributed by atoms with Crippen LogP contribution < -0.4 is 4.90 Å². The molecule has 1 aliphatic rings. The van der Waals surface area contributed by atoms with Gasteiger partial charge in [-0.15, -0.1) is 11.3 Å². The van der Waals surface area contributed by atoms with Crippen LogP contribution in [-0.2, 0) is 5.41 Å². The van der Waals surface area contributed by atoms with Crippen LogP contribution in [0.2, 0.25) is 0 Å². The number of thiazole rings is 1. The number of rotatable bonds is 5. The third-order valence-corrected chi connectivity index (χ3v) is 11.4. The molecule has 2 heterocycles. The van der Waals surface area contributed by atoms with Crippen molar-refractivity contribution < 1.29 is 4.42 Å². The number of hydrogen-bond acceptors (Lipinski definition) is 4. The third kappa shape index (κ3) is 4.53. The first-order valence-electron chi connectivity index (χ1n) is 17.0. The van der Waals surface area contributed by atoms with Crippen LogP contribution in [0.1, 0.15) is 25.0 Å². The van der Waals surface area contributed by atoms with E-state index in [9.17, 15) is 0 Å². The number of benzene rings is 7. The van der Waals surface area contributed by atoms with E-state index in [1.54, 1.807) is 11.3 Å². The molecule has 0 bridgehead atoms. The Morgan fingerprint density at radius 2 is 1.14 bits per heavy atom. The Morgan fingerprint density at radius 3 is 1.94 bits per heavy atom. The first-order chi connectivity index (χ1) is 24.5. The summed E-state index contributed by atoms with van der Waals surface area (Å²) in [7, 11) is 0. The lowest BCUT2D eigenvalue weighted by Gasteiger charge is -2.27. The topological polar surface area (TPSA) is 29.3 Å². The predicted octanol–water partition coefficient (Wildman–Crippen LogP) is 13.3. The minimum atomic E-state index is -0.0529. The monoisotopic (exact) mass is 660 g/mol. The minimum Gasteiger partial charge on any atom is -0.456 e. The maximum Gasteiger partial charge on any atom is 0.136 e.